The van der Waals surface area contributed by atoms with Gasteiger partial charge in [0.15, 0.2) is 6.10 Å². The molecule has 3 atom stereocenters. The Morgan fingerprint density at radius 3 is 2.58 bits per heavy atom. The third-order valence-electron chi connectivity index (χ3n) is 4.81. The quantitative estimate of drug-likeness (QED) is 0.796. The molecule has 0 aliphatic carbocycles. The van der Waals surface area contributed by atoms with Gasteiger partial charge in [0.05, 0.1) is 5.92 Å². The summed E-state index contributed by atoms with van der Waals surface area (Å²) in [6, 6.07) is 3.87. The van der Waals surface area contributed by atoms with Gasteiger partial charge in [-0.1, -0.05) is 13.8 Å². The molecule has 1 aliphatic heterocycles. The Balaban J connectivity index is 2.11. The van der Waals surface area contributed by atoms with Gasteiger partial charge in [0.2, 0.25) is 5.91 Å². The largest absolute Gasteiger partial charge is 0.479 e. The van der Waals surface area contributed by atoms with E-state index in [9.17, 15) is 14.7 Å². The number of anilines is 1. The number of amides is 1. The summed E-state index contributed by atoms with van der Waals surface area (Å²) in [5, 5.41) is 19.2. The number of aliphatic carboxylic acids is 1. The number of carbonyl (C=O) groups is 2. The molecule has 0 spiro atoms. The van der Waals surface area contributed by atoms with Gasteiger partial charge in [0.25, 0.3) is 0 Å². The first-order chi connectivity index (χ1) is 12.2. The fraction of sp³-hybridized carbons (Fsp3) is 0.632. The monoisotopic (exact) mass is 363 g/mol. The van der Waals surface area contributed by atoms with Crippen molar-refractivity contribution in [1.29, 1.82) is 0 Å². The first-order valence-corrected chi connectivity index (χ1v) is 9.09. The molecule has 0 radical (unpaired) electrons. The number of hydrogen-bond acceptors (Lipinski definition) is 5. The molecule has 1 aromatic heterocycles. The van der Waals surface area contributed by atoms with Crippen LogP contribution in [0.4, 0.5) is 5.82 Å². The van der Waals surface area contributed by atoms with Crippen LogP contribution in [0.25, 0.3) is 0 Å². The SMILES string of the molecule is Cc1ccnc(N2CCN(C(=O)[C@@H](CC(C)C)[C@H](O)C(=O)O)[C@@H](C)C2)c1. The fourth-order valence-corrected chi connectivity index (χ4v) is 3.44. The minimum absolute atomic E-state index is 0.0887. The van der Waals surface area contributed by atoms with Crippen molar-refractivity contribution in [3.8, 4) is 0 Å². The van der Waals surface area contributed by atoms with Crippen molar-refractivity contribution in [2.24, 2.45) is 11.8 Å². The highest BCUT2D eigenvalue weighted by Crippen LogP contribution is 2.24. The number of rotatable bonds is 6. The molecule has 2 rings (SSSR count). The van der Waals surface area contributed by atoms with Crippen molar-refractivity contribution in [2.75, 3.05) is 24.5 Å². The van der Waals surface area contributed by atoms with Crippen molar-refractivity contribution in [2.45, 2.75) is 46.3 Å². The van der Waals surface area contributed by atoms with E-state index in [2.05, 4.69) is 9.88 Å². The molecule has 1 saturated heterocycles. The summed E-state index contributed by atoms with van der Waals surface area (Å²) in [7, 11) is 0. The Kier molecular flexibility index (Phi) is 6.58. The average molecular weight is 363 g/mol. The molecule has 2 N–H and O–H groups in total. The molecule has 0 saturated carbocycles. The van der Waals surface area contributed by atoms with Crippen molar-refractivity contribution in [3.63, 3.8) is 0 Å². The highest BCUT2D eigenvalue weighted by molar-refractivity contribution is 5.86. The van der Waals surface area contributed by atoms with E-state index in [0.717, 1.165) is 11.4 Å². The number of nitrogens with zero attached hydrogens (tertiary/aromatic N) is 3. The lowest BCUT2D eigenvalue weighted by Gasteiger charge is -2.42. The molecule has 0 bridgehead atoms. The second-order valence-electron chi connectivity index (χ2n) is 7.54. The predicted molar refractivity (Wildman–Crippen MR) is 98.9 cm³/mol. The molecule has 144 valence electrons. The Bertz CT molecular complexity index is 649. The Morgan fingerprint density at radius 2 is 2.04 bits per heavy atom. The van der Waals surface area contributed by atoms with Crippen LogP contribution >= 0.6 is 0 Å². The van der Waals surface area contributed by atoms with E-state index in [-0.39, 0.29) is 17.9 Å². The van der Waals surface area contributed by atoms with E-state index in [1.807, 2.05) is 39.8 Å². The highest BCUT2D eigenvalue weighted by atomic mass is 16.4. The number of aliphatic hydroxyl groups is 1. The summed E-state index contributed by atoms with van der Waals surface area (Å²) >= 11 is 0. The standard InChI is InChI=1S/C19H29N3O4/c1-12(2)9-15(17(23)19(25)26)18(24)22-8-7-21(11-14(22)4)16-10-13(3)5-6-20-16/h5-6,10,12,14-15,17,23H,7-9,11H2,1-4H3,(H,25,26)/t14-,15-,17-/m0/s1. The first-order valence-electron chi connectivity index (χ1n) is 9.09. The number of pyridine rings is 1. The van der Waals surface area contributed by atoms with E-state index >= 15 is 0 Å². The normalized spacial score (nSPS) is 20.2. The number of carbonyl (C=O) groups excluding carboxylic acids is 1. The van der Waals surface area contributed by atoms with Gasteiger partial charge in [0.1, 0.15) is 5.82 Å². The molecule has 0 aromatic carbocycles. The van der Waals surface area contributed by atoms with Gasteiger partial charge < -0.3 is 20.0 Å². The number of aliphatic hydroxyl groups excluding tert-OH is 1. The van der Waals surface area contributed by atoms with Gasteiger partial charge in [-0.15, -0.1) is 0 Å². The Morgan fingerprint density at radius 1 is 1.35 bits per heavy atom. The van der Waals surface area contributed by atoms with Crippen molar-refractivity contribution in [3.05, 3.63) is 23.9 Å². The van der Waals surface area contributed by atoms with E-state index in [1.165, 1.54) is 0 Å². The summed E-state index contributed by atoms with van der Waals surface area (Å²) in [5.41, 5.74) is 1.13. The van der Waals surface area contributed by atoms with Crippen LogP contribution in [-0.2, 0) is 9.59 Å². The van der Waals surface area contributed by atoms with Crippen LogP contribution in [0.15, 0.2) is 18.3 Å². The summed E-state index contributed by atoms with van der Waals surface area (Å²) in [6.07, 6.45) is 0.446. The molecule has 2 heterocycles. The lowest BCUT2D eigenvalue weighted by molar-refractivity contribution is -0.158. The zero-order chi connectivity index (χ0) is 19.4. The van der Waals surface area contributed by atoms with Gasteiger partial charge in [-0.05, 0) is 43.9 Å². The van der Waals surface area contributed by atoms with Crippen LogP contribution in [0.1, 0.15) is 32.8 Å². The zero-order valence-corrected chi connectivity index (χ0v) is 15.9. The zero-order valence-electron chi connectivity index (χ0n) is 15.9. The molecular formula is C19H29N3O4. The molecule has 26 heavy (non-hydrogen) atoms. The van der Waals surface area contributed by atoms with Gasteiger partial charge in [-0.25, -0.2) is 9.78 Å². The second kappa shape index (κ2) is 8.49. The maximum absolute atomic E-state index is 13.0. The van der Waals surface area contributed by atoms with E-state index < -0.39 is 18.0 Å². The fourth-order valence-electron chi connectivity index (χ4n) is 3.44. The second-order valence-corrected chi connectivity index (χ2v) is 7.54. The molecule has 7 nitrogen and oxygen atoms in total. The molecule has 1 aliphatic rings. The Hall–Kier alpha value is -2.15. The number of aromatic nitrogens is 1. The predicted octanol–water partition coefficient (Wildman–Crippen LogP) is 1.53. The van der Waals surface area contributed by atoms with Crippen LogP contribution < -0.4 is 4.90 Å². The summed E-state index contributed by atoms with van der Waals surface area (Å²) < 4.78 is 0. The van der Waals surface area contributed by atoms with Gasteiger partial charge in [0, 0.05) is 31.9 Å². The minimum atomic E-state index is -1.67. The Labute approximate surface area is 154 Å². The number of carboxylic acid groups (broad SMARTS) is 1. The van der Waals surface area contributed by atoms with Crippen LogP contribution in [0.5, 0.6) is 0 Å². The summed E-state index contributed by atoms with van der Waals surface area (Å²) in [4.78, 5) is 32.4. The lowest BCUT2D eigenvalue weighted by atomic mass is 9.90. The number of hydrogen-bond donors (Lipinski definition) is 2. The molecule has 0 unspecified atom stereocenters. The molecule has 7 heteroatoms. The van der Waals surface area contributed by atoms with Crippen LogP contribution in [0, 0.1) is 18.8 Å². The third-order valence-corrected chi connectivity index (χ3v) is 4.81. The van der Waals surface area contributed by atoms with Crippen molar-refractivity contribution < 1.29 is 19.8 Å². The maximum atomic E-state index is 13.0. The average Bonchev–Trinajstić information content (AvgIpc) is 2.58. The lowest BCUT2D eigenvalue weighted by Crippen LogP contribution is -2.57. The van der Waals surface area contributed by atoms with E-state index in [4.69, 9.17) is 5.11 Å². The number of carboxylic acids is 1. The molecule has 1 fully saturated rings. The van der Waals surface area contributed by atoms with Crippen LogP contribution in [-0.4, -0.2) is 63.8 Å². The van der Waals surface area contributed by atoms with E-state index in [0.29, 0.717) is 26.1 Å². The topological polar surface area (TPSA) is 94.0 Å². The highest BCUT2D eigenvalue weighted by Gasteiger charge is 2.38. The third kappa shape index (κ3) is 4.72. The number of aryl methyl sites for hydroxylation is 1. The summed E-state index contributed by atoms with van der Waals surface area (Å²) in [6.45, 7) is 9.53. The van der Waals surface area contributed by atoms with Crippen molar-refractivity contribution in [1.82, 2.24) is 9.88 Å². The van der Waals surface area contributed by atoms with Crippen LogP contribution in [0.3, 0.4) is 0 Å². The van der Waals surface area contributed by atoms with Crippen LogP contribution in [0.2, 0.25) is 0 Å². The first kappa shape index (κ1) is 20.2. The smallest absolute Gasteiger partial charge is 0.333 e. The minimum Gasteiger partial charge on any atom is -0.479 e. The molecule has 1 amide bonds. The maximum Gasteiger partial charge on any atom is 0.333 e. The molecular weight excluding hydrogens is 334 g/mol. The number of piperazine rings is 1. The van der Waals surface area contributed by atoms with Gasteiger partial charge in [-0.3, -0.25) is 4.79 Å². The van der Waals surface area contributed by atoms with E-state index in [1.54, 1.807) is 11.1 Å². The van der Waals surface area contributed by atoms with Gasteiger partial charge in [-0.2, -0.15) is 0 Å². The van der Waals surface area contributed by atoms with Crippen molar-refractivity contribution >= 4 is 17.7 Å². The summed E-state index contributed by atoms with van der Waals surface area (Å²) in [5.74, 6) is -1.55. The van der Waals surface area contributed by atoms with Gasteiger partial charge >= 0.3 is 5.97 Å². The molecule has 1 aromatic rings.